The number of aryl methyl sites for hydroxylation is 3. The summed E-state index contributed by atoms with van der Waals surface area (Å²) in [5.74, 6) is 0. The fraction of sp³-hybridized carbons (Fsp3) is 0.400. The molecule has 9 heteroatoms. The molecular formula is C15H19N5O2S2. The summed E-state index contributed by atoms with van der Waals surface area (Å²) in [6.45, 7) is 4.20. The first-order valence-corrected chi connectivity index (χ1v) is 9.71. The van der Waals surface area contributed by atoms with E-state index in [1.165, 1.54) is 10.5 Å². The Morgan fingerprint density at radius 3 is 2.67 bits per heavy atom. The first kappa shape index (κ1) is 17.0. The zero-order chi connectivity index (χ0) is 17.5. The molecule has 0 bridgehead atoms. The van der Waals surface area contributed by atoms with E-state index in [4.69, 9.17) is 0 Å². The molecule has 0 radical (unpaired) electrons. The summed E-state index contributed by atoms with van der Waals surface area (Å²) in [6.07, 6.45) is 3.79. The molecule has 7 nitrogen and oxygen atoms in total. The Hall–Kier alpha value is -1.84. The van der Waals surface area contributed by atoms with Crippen LogP contribution in [0.2, 0.25) is 0 Å². The van der Waals surface area contributed by atoms with Crippen molar-refractivity contribution < 1.29 is 8.42 Å². The van der Waals surface area contributed by atoms with Gasteiger partial charge in [0.05, 0.1) is 10.7 Å². The van der Waals surface area contributed by atoms with Crippen molar-refractivity contribution in [2.45, 2.75) is 25.2 Å². The molecule has 3 heterocycles. The quantitative estimate of drug-likeness (QED) is 0.690. The molecule has 0 unspecified atom stereocenters. The molecule has 3 aromatic heterocycles. The smallest absolute Gasteiger partial charge is 0.244 e. The molecule has 0 amide bonds. The van der Waals surface area contributed by atoms with Crippen LogP contribution in [-0.4, -0.2) is 46.1 Å². The van der Waals surface area contributed by atoms with E-state index < -0.39 is 10.0 Å². The predicted molar refractivity (Wildman–Crippen MR) is 93.6 cm³/mol. The summed E-state index contributed by atoms with van der Waals surface area (Å²) in [5.41, 5.74) is 1.44. The van der Waals surface area contributed by atoms with Gasteiger partial charge in [0.25, 0.3) is 0 Å². The standard InChI is InChI=1S/C15H19N5O2S2/c1-10-8-16-14(23-10)5-6-19(3)24(21,22)12-7-13-11(2)18-20(4)15(13)17-9-12/h7-9H,5-6H2,1-4H3. The molecule has 24 heavy (non-hydrogen) atoms. The number of pyridine rings is 1. The molecule has 0 aliphatic heterocycles. The lowest BCUT2D eigenvalue weighted by atomic mass is 10.3. The van der Waals surface area contributed by atoms with Crippen molar-refractivity contribution in [3.63, 3.8) is 0 Å². The highest BCUT2D eigenvalue weighted by atomic mass is 32.2. The molecule has 128 valence electrons. The SMILES string of the molecule is Cc1cnc(CCN(C)S(=O)(=O)c2cnc3c(c2)c(C)nn3C)s1. The van der Waals surface area contributed by atoms with E-state index in [0.717, 1.165) is 21.0 Å². The van der Waals surface area contributed by atoms with E-state index in [2.05, 4.69) is 15.1 Å². The zero-order valence-corrected chi connectivity index (χ0v) is 15.6. The van der Waals surface area contributed by atoms with Gasteiger partial charge in [0, 0.05) is 49.7 Å². The average Bonchev–Trinajstić information content (AvgIpc) is 3.08. The van der Waals surface area contributed by atoms with Gasteiger partial charge in [-0.2, -0.15) is 5.10 Å². The maximum absolute atomic E-state index is 12.8. The molecule has 0 aliphatic rings. The van der Waals surface area contributed by atoms with Gasteiger partial charge < -0.3 is 0 Å². The van der Waals surface area contributed by atoms with Crippen LogP contribution in [0.4, 0.5) is 0 Å². The minimum atomic E-state index is -3.59. The number of nitrogens with zero attached hydrogens (tertiary/aromatic N) is 5. The number of hydrogen-bond donors (Lipinski definition) is 0. The summed E-state index contributed by atoms with van der Waals surface area (Å²) >= 11 is 1.59. The molecule has 0 N–H and O–H groups in total. The second-order valence-electron chi connectivity index (χ2n) is 5.69. The first-order chi connectivity index (χ1) is 11.3. The fourth-order valence-electron chi connectivity index (χ4n) is 2.50. The van der Waals surface area contributed by atoms with E-state index in [0.29, 0.717) is 18.6 Å². The van der Waals surface area contributed by atoms with Gasteiger partial charge >= 0.3 is 0 Å². The second kappa shape index (κ2) is 6.23. The van der Waals surface area contributed by atoms with Crippen molar-refractivity contribution >= 4 is 32.4 Å². The van der Waals surface area contributed by atoms with Crippen molar-refractivity contribution in [3.05, 3.63) is 34.0 Å². The maximum Gasteiger partial charge on any atom is 0.244 e. The van der Waals surface area contributed by atoms with E-state index >= 15 is 0 Å². The normalized spacial score (nSPS) is 12.4. The number of likely N-dealkylation sites (N-methyl/N-ethyl adjacent to an activating group) is 1. The lowest BCUT2D eigenvalue weighted by molar-refractivity contribution is 0.472. The Morgan fingerprint density at radius 2 is 2.00 bits per heavy atom. The monoisotopic (exact) mass is 365 g/mol. The molecule has 3 rings (SSSR count). The Balaban J connectivity index is 1.84. The van der Waals surface area contributed by atoms with Gasteiger partial charge in [0.2, 0.25) is 10.0 Å². The number of rotatable bonds is 5. The number of hydrogen-bond acceptors (Lipinski definition) is 6. The molecule has 0 fully saturated rings. The van der Waals surface area contributed by atoms with Crippen molar-refractivity contribution in [3.8, 4) is 0 Å². The molecule has 0 atom stereocenters. The number of aromatic nitrogens is 4. The summed E-state index contributed by atoms with van der Waals surface area (Å²) < 4.78 is 28.5. The van der Waals surface area contributed by atoms with Crippen LogP contribution in [0.5, 0.6) is 0 Å². The Kier molecular flexibility index (Phi) is 4.41. The number of thiazole rings is 1. The third-order valence-electron chi connectivity index (χ3n) is 3.86. The van der Waals surface area contributed by atoms with Crippen LogP contribution < -0.4 is 0 Å². The third kappa shape index (κ3) is 3.06. The number of fused-ring (bicyclic) bond motifs is 1. The van der Waals surface area contributed by atoms with Crippen LogP contribution in [0.3, 0.4) is 0 Å². The second-order valence-corrected chi connectivity index (χ2v) is 9.06. The third-order valence-corrected chi connectivity index (χ3v) is 6.65. The first-order valence-electron chi connectivity index (χ1n) is 7.46. The summed E-state index contributed by atoms with van der Waals surface area (Å²) in [5, 5.41) is 5.96. The van der Waals surface area contributed by atoms with Crippen molar-refractivity contribution in [2.75, 3.05) is 13.6 Å². The van der Waals surface area contributed by atoms with Crippen molar-refractivity contribution in [1.82, 2.24) is 24.1 Å². The molecule has 0 spiro atoms. The lowest BCUT2D eigenvalue weighted by Gasteiger charge is -2.16. The van der Waals surface area contributed by atoms with Gasteiger partial charge in [-0.1, -0.05) is 0 Å². The topological polar surface area (TPSA) is 81.0 Å². The van der Waals surface area contributed by atoms with E-state index in [-0.39, 0.29) is 4.90 Å². The molecule has 0 saturated carbocycles. The van der Waals surface area contributed by atoms with Gasteiger partial charge in [-0.3, -0.25) is 4.68 Å². The summed E-state index contributed by atoms with van der Waals surface area (Å²) in [6, 6.07) is 1.64. The lowest BCUT2D eigenvalue weighted by Crippen LogP contribution is -2.29. The molecule has 3 aromatic rings. The highest BCUT2D eigenvalue weighted by Crippen LogP contribution is 2.22. The minimum Gasteiger partial charge on any atom is -0.250 e. The largest absolute Gasteiger partial charge is 0.250 e. The van der Waals surface area contributed by atoms with E-state index in [1.54, 1.807) is 42.4 Å². The molecular weight excluding hydrogens is 346 g/mol. The summed E-state index contributed by atoms with van der Waals surface area (Å²) in [7, 11) is -0.221. The van der Waals surface area contributed by atoms with Crippen molar-refractivity contribution in [1.29, 1.82) is 0 Å². The zero-order valence-electron chi connectivity index (χ0n) is 14.0. The van der Waals surface area contributed by atoms with E-state index in [9.17, 15) is 8.42 Å². The van der Waals surface area contributed by atoms with Crippen molar-refractivity contribution in [2.24, 2.45) is 7.05 Å². The van der Waals surface area contributed by atoms with Crippen LogP contribution in [0.1, 0.15) is 15.6 Å². The van der Waals surface area contributed by atoms with Crippen LogP contribution in [0.25, 0.3) is 11.0 Å². The van der Waals surface area contributed by atoms with Crippen LogP contribution in [0, 0.1) is 13.8 Å². The van der Waals surface area contributed by atoms with E-state index in [1.807, 2.05) is 13.8 Å². The summed E-state index contributed by atoms with van der Waals surface area (Å²) in [4.78, 5) is 9.83. The van der Waals surface area contributed by atoms with Crippen LogP contribution in [-0.2, 0) is 23.5 Å². The van der Waals surface area contributed by atoms with Crippen LogP contribution in [0.15, 0.2) is 23.4 Å². The molecule has 0 saturated heterocycles. The minimum absolute atomic E-state index is 0.184. The maximum atomic E-state index is 12.8. The van der Waals surface area contributed by atoms with Crippen LogP contribution >= 0.6 is 11.3 Å². The van der Waals surface area contributed by atoms with Gasteiger partial charge in [0.15, 0.2) is 5.65 Å². The van der Waals surface area contributed by atoms with Gasteiger partial charge in [-0.15, -0.1) is 11.3 Å². The molecule has 0 aromatic carbocycles. The fourth-order valence-corrected chi connectivity index (χ4v) is 4.42. The Bertz CT molecular complexity index is 991. The van der Waals surface area contributed by atoms with Gasteiger partial charge in [0.1, 0.15) is 4.90 Å². The Morgan fingerprint density at radius 1 is 1.25 bits per heavy atom. The highest BCUT2D eigenvalue weighted by molar-refractivity contribution is 7.89. The van der Waals surface area contributed by atoms with Gasteiger partial charge in [-0.05, 0) is 19.9 Å². The van der Waals surface area contributed by atoms with Gasteiger partial charge in [-0.25, -0.2) is 22.7 Å². The molecule has 0 aliphatic carbocycles. The average molecular weight is 365 g/mol. The Labute approximate surface area is 145 Å². The number of sulfonamides is 1. The highest BCUT2D eigenvalue weighted by Gasteiger charge is 2.22. The predicted octanol–water partition coefficient (Wildman–Crippen LogP) is 1.90.